The Bertz CT molecular complexity index is 1630. The molecular formula is C82H154NO8+. The van der Waals surface area contributed by atoms with Crippen molar-refractivity contribution in [1.82, 2.24) is 0 Å². The quantitative estimate of drug-likeness (QED) is 0.0211. The molecule has 9 nitrogen and oxygen atoms in total. The third-order valence-corrected chi connectivity index (χ3v) is 18.1. The van der Waals surface area contributed by atoms with Gasteiger partial charge in [0, 0.05) is 12.8 Å². The van der Waals surface area contributed by atoms with Gasteiger partial charge in [-0.15, -0.1) is 0 Å². The van der Waals surface area contributed by atoms with Crippen LogP contribution in [0.15, 0.2) is 48.6 Å². The van der Waals surface area contributed by atoms with E-state index in [1.54, 1.807) is 0 Å². The Hall–Kier alpha value is -2.75. The Morgan fingerprint density at radius 2 is 0.593 bits per heavy atom. The Kier molecular flexibility index (Phi) is 70.9. The van der Waals surface area contributed by atoms with Crippen LogP contribution in [0.3, 0.4) is 0 Å². The minimum Gasteiger partial charge on any atom is -0.477 e. The second-order valence-corrected chi connectivity index (χ2v) is 28.4. The number of rotatable bonds is 75. The van der Waals surface area contributed by atoms with Crippen molar-refractivity contribution in [3.8, 4) is 0 Å². The molecule has 0 heterocycles. The van der Waals surface area contributed by atoms with Gasteiger partial charge in [0.25, 0.3) is 6.29 Å². The normalized spacial score (nSPS) is 12.8. The number of aliphatic carboxylic acids is 1. The van der Waals surface area contributed by atoms with Crippen molar-refractivity contribution in [2.24, 2.45) is 0 Å². The third-order valence-electron chi connectivity index (χ3n) is 18.1. The van der Waals surface area contributed by atoms with Gasteiger partial charge in [-0.25, -0.2) is 4.79 Å². The molecule has 0 aliphatic heterocycles. The van der Waals surface area contributed by atoms with Crippen LogP contribution in [-0.2, 0) is 33.3 Å². The molecule has 1 N–H and O–H groups in total. The minimum atomic E-state index is -1.51. The molecule has 2 atom stereocenters. The highest BCUT2D eigenvalue weighted by molar-refractivity contribution is 5.71. The number of quaternary nitrogens is 1. The summed E-state index contributed by atoms with van der Waals surface area (Å²) >= 11 is 0. The summed E-state index contributed by atoms with van der Waals surface area (Å²) in [5.74, 6) is -1.97. The highest BCUT2D eigenvalue weighted by Gasteiger charge is 2.25. The second-order valence-electron chi connectivity index (χ2n) is 28.4. The van der Waals surface area contributed by atoms with Crippen LogP contribution in [0.2, 0.25) is 0 Å². The summed E-state index contributed by atoms with van der Waals surface area (Å²) in [5, 5.41) is 9.77. The molecule has 0 rings (SSSR count). The van der Waals surface area contributed by atoms with E-state index in [4.69, 9.17) is 18.9 Å². The van der Waals surface area contributed by atoms with Crippen LogP contribution in [0.5, 0.6) is 0 Å². The molecule has 0 aromatic heterocycles. The van der Waals surface area contributed by atoms with Crippen molar-refractivity contribution in [2.45, 2.75) is 411 Å². The summed E-state index contributed by atoms with van der Waals surface area (Å²) in [5.41, 5.74) is 0. The summed E-state index contributed by atoms with van der Waals surface area (Å²) in [6, 6.07) is 0. The van der Waals surface area contributed by atoms with E-state index >= 15 is 0 Å². The molecule has 0 aromatic rings. The van der Waals surface area contributed by atoms with Crippen LogP contribution in [-0.4, -0.2) is 87.4 Å². The summed E-state index contributed by atoms with van der Waals surface area (Å²) < 4.78 is 23.1. The molecule has 0 fully saturated rings. The maximum Gasteiger partial charge on any atom is 0.361 e. The predicted molar refractivity (Wildman–Crippen MR) is 392 cm³/mol. The maximum absolute atomic E-state index is 13.0. The highest BCUT2D eigenvalue weighted by atomic mass is 16.7. The Labute approximate surface area is 565 Å². The second kappa shape index (κ2) is 73.1. The Morgan fingerprint density at radius 1 is 0.330 bits per heavy atom. The first-order chi connectivity index (χ1) is 44.6. The molecular weight excluding hydrogens is 1130 g/mol. The number of esters is 2. The lowest BCUT2D eigenvalue weighted by Gasteiger charge is -2.25. The van der Waals surface area contributed by atoms with Crippen molar-refractivity contribution >= 4 is 17.9 Å². The van der Waals surface area contributed by atoms with Crippen molar-refractivity contribution in [3.05, 3.63) is 48.6 Å². The topological polar surface area (TPSA) is 108 Å². The zero-order valence-electron chi connectivity index (χ0n) is 61.3. The first-order valence-electron chi connectivity index (χ1n) is 39.8. The fourth-order valence-corrected chi connectivity index (χ4v) is 12.0. The van der Waals surface area contributed by atoms with E-state index < -0.39 is 18.4 Å². The first-order valence-corrected chi connectivity index (χ1v) is 39.8. The van der Waals surface area contributed by atoms with Crippen molar-refractivity contribution in [2.75, 3.05) is 47.5 Å². The third kappa shape index (κ3) is 74.5. The van der Waals surface area contributed by atoms with Crippen molar-refractivity contribution < 1.29 is 42.9 Å². The van der Waals surface area contributed by atoms with Gasteiger partial charge < -0.3 is 28.5 Å². The average molecular weight is 1280 g/mol. The number of hydrogen-bond donors (Lipinski definition) is 1. The van der Waals surface area contributed by atoms with Crippen LogP contribution < -0.4 is 0 Å². The molecule has 0 aromatic carbocycles. The molecule has 0 saturated heterocycles. The first kappa shape index (κ1) is 88.2. The number of carbonyl (C=O) groups excluding carboxylic acids is 2. The lowest BCUT2D eigenvalue weighted by atomic mass is 10.0. The predicted octanol–water partition coefficient (Wildman–Crippen LogP) is 25.3. The highest BCUT2D eigenvalue weighted by Crippen LogP contribution is 2.19. The molecule has 2 unspecified atom stereocenters. The van der Waals surface area contributed by atoms with Gasteiger partial charge in [-0.1, -0.05) is 358 Å². The van der Waals surface area contributed by atoms with Gasteiger partial charge in [-0.2, -0.15) is 0 Å². The molecule has 9 heteroatoms. The molecule has 0 amide bonds. The molecule has 0 spiro atoms. The number of nitrogens with zero attached hydrogens (tertiary/aromatic N) is 1. The molecule has 534 valence electrons. The van der Waals surface area contributed by atoms with E-state index in [1.807, 2.05) is 21.1 Å². The molecule has 0 saturated carbocycles. The number of likely N-dealkylation sites (N-methyl/N-ethyl adjacent to an activating group) is 1. The number of carboxylic acids is 1. The van der Waals surface area contributed by atoms with E-state index in [0.29, 0.717) is 17.4 Å². The van der Waals surface area contributed by atoms with Gasteiger partial charge in [0.05, 0.1) is 34.4 Å². The zero-order chi connectivity index (χ0) is 66.1. The van der Waals surface area contributed by atoms with E-state index in [1.165, 1.54) is 321 Å². The fourth-order valence-electron chi connectivity index (χ4n) is 12.0. The number of allylic oxidation sites excluding steroid dienone is 8. The van der Waals surface area contributed by atoms with Crippen LogP contribution in [0.1, 0.15) is 399 Å². The molecule has 0 bridgehead atoms. The molecule has 0 radical (unpaired) electrons. The average Bonchev–Trinajstić information content (AvgIpc) is 3.46. The molecule has 91 heavy (non-hydrogen) atoms. The minimum absolute atomic E-state index is 0.177. The van der Waals surface area contributed by atoms with E-state index in [-0.39, 0.29) is 38.2 Å². The van der Waals surface area contributed by atoms with Gasteiger partial charge in [0.2, 0.25) is 0 Å². The fraction of sp³-hybridized carbons (Fsp3) is 0.866. The summed E-state index contributed by atoms with van der Waals surface area (Å²) in [6.45, 7) is 4.94. The summed E-state index contributed by atoms with van der Waals surface area (Å²) in [4.78, 5) is 37.7. The maximum atomic E-state index is 13.0. The van der Waals surface area contributed by atoms with Crippen LogP contribution in [0.25, 0.3) is 0 Å². The van der Waals surface area contributed by atoms with E-state index in [9.17, 15) is 19.5 Å². The van der Waals surface area contributed by atoms with Crippen LogP contribution in [0.4, 0.5) is 0 Å². The van der Waals surface area contributed by atoms with Gasteiger partial charge in [0.1, 0.15) is 13.2 Å². The smallest absolute Gasteiger partial charge is 0.361 e. The molecule has 0 aliphatic rings. The lowest BCUT2D eigenvalue weighted by Crippen LogP contribution is -2.40. The van der Waals surface area contributed by atoms with E-state index in [0.717, 1.165) is 51.4 Å². The number of carbonyl (C=O) groups is 3. The van der Waals surface area contributed by atoms with E-state index in [2.05, 4.69) is 62.5 Å². The number of ether oxygens (including phenoxy) is 4. The summed E-state index contributed by atoms with van der Waals surface area (Å²) in [7, 11) is 6.00. The monoisotopic (exact) mass is 1280 g/mol. The lowest BCUT2D eigenvalue weighted by molar-refractivity contribution is -0.870. The van der Waals surface area contributed by atoms with Crippen molar-refractivity contribution in [1.29, 1.82) is 0 Å². The van der Waals surface area contributed by atoms with Gasteiger partial charge in [-0.3, -0.25) is 9.59 Å². The number of carboxylic acid groups (broad SMARTS) is 1. The van der Waals surface area contributed by atoms with Crippen molar-refractivity contribution in [3.63, 3.8) is 0 Å². The zero-order valence-corrected chi connectivity index (χ0v) is 61.3. The number of unbranched alkanes of at least 4 members (excludes halogenated alkanes) is 52. The summed E-state index contributed by atoms with van der Waals surface area (Å²) in [6.07, 6.45) is 92.6. The standard InChI is InChI=1S/C82H153NO8/c1-6-8-10-12-14-16-18-20-22-24-26-28-30-32-34-36-38-40-42-44-46-48-50-52-54-56-58-60-62-64-66-68-70-72-79(84)89-76-78(77-90-82(81(86)87)88-75-74-83(3,4)5)91-80(85)73-71-69-67-65-63-61-59-57-55-53-51-49-47-45-43-41-39-37-35-33-31-29-27-25-23-21-19-17-15-13-11-9-7-2/h19,21,24-27,31,33,78,82H,6-18,20,22-23,28-30,32,34-77H2,1-5H3/p+1/b21-19-,26-24-,27-25-,33-31-. The van der Waals surface area contributed by atoms with Gasteiger partial charge >= 0.3 is 17.9 Å². The van der Waals surface area contributed by atoms with Crippen LogP contribution >= 0.6 is 0 Å². The largest absolute Gasteiger partial charge is 0.477 e. The Balaban J connectivity index is 3.99. The number of hydrogen-bond acceptors (Lipinski definition) is 7. The van der Waals surface area contributed by atoms with Crippen LogP contribution in [0, 0.1) is 0 Å². The van der Waals surface area contributed by atoms with Gasteiger partial charge in [-0.05, 0) is 77.0 Å². The SMILES string of the molecule is CCCCCCC/C=C\C/C=C\C/C=C\CCCCCCCCCCCCCCCCCCCCC(=O)OC(COC(=O)CCCCCCCCCCCCCCCCCCCCCCC/C=C\CCCCCCCCCC)COC(OCC[N+](C)(C)C)C(=O)O. The van der Waals surface area contributed by atoms with Gasteiger partial charge in [0.15, 0.2) is 6.10 Å². The Morgan fingerprint density at radius 3 is 0.890 bits per heavy atom. The molecule has 0 aliphatic carbocycles.